The van der Waals surface area contributed by atoms with Gasteiger partial charge < -0.3 is 14.0 Å². The lowest BCUT2D eigenvalue weighted by Gasteiger charge is -2.29. The number of carbonyl (C=O) groups is 1. The Kier molecular flexibility index (Phi) is 5.33. The lowest BCUT2D eigenvalue weighted by atomic mass is 9.91. The molecule has 0 N–H and O–H groups in total. The second kappa shape index (κ2) is 8.05. The van der Waals surface area contributed by atoms with Crippen LogP contribution in [0.15, 0.2) is 48.8 Å². The molecule has 1 fully saturated rings. The maximum Gasteiger partial charge on any atom is 0.223 e. The molecule has 4 rings (SSSR count). The third kappa shape index (κ3) is 3.61. The van der Waals surface area contributed by atoms with Crippen LogP contribution in [0.3, 0.4) is 0 Å². The summed E-state index contributed by atoms with van der Waals surface area (Å²) in [5, 5.41) is 0. The van der Waals surface area contributed by atoms with Gasteiger partial charge in [0.1, 0.15) is 11.4 Å². The fourth-order valence-electron chi connectivity index (χ4n) is 4.14. The molecule has 0 bridgehead atoms. The number of para-hydroxylation sites is 1. The van der Waals surface area contributed by atoms with Crippen molar-refractivity contribution in [1.29, 1.82) is 0 Å². The highest BCUT2D eigenvalue weighted by atomic mass is 16.5. The van der Waals surface area contributed by atoms with Gasteiger partial charge in [0.25, 0.3) is 0 Å². The van der Waals surface area contributed by atoms with Gasteiger partial charge in [0.15, 0.2) is 0 Å². The average molecular weight is 377 g/mol. The van der Waals surface area contributed by atoms with Crippen LogP contribution in [0.1, 0.15) is 48.4 Å². The molecule has 3 heterocycles. The second-order valence-electron chi connectivity index (χ2n) is 7.56. The lowest BCUT2D eigenvalue weighted by Crippen LogP contribution is -2.36. The van der Waals surface area contributed by atoms with Gasteiger partial charge in [-0.15, -0.1) is 0 Å². The van der Waals surface area contributed by atoms with Crippen LogP contribution in [-0.2, 0) is 4.79 Å². The number of methoxy groups -OCH3 is 1. The quantitative estimate of drug-likeness (QED) is 0.670. The minimum absolute atomic E-state index is 0.108. The van der Waals surface area contributed by atoms with E-state index in [1.807, 2.05) is 35.5 Å². The van der Waals surface area contributed by atoms with Crippen LogP contribution >= 0.6 is 0 Å². The molecule has 146 valence electrons. The normalized spacial score (nSPS) is 15.6. The Morgan fingerprint density at radius 2 is 1.96 bits per heavy atom. The van der Waals surface area contributed by atoms with Crippen molar-refractivity contribution in [2.75, 3.05) is 20.2 Å². The molecule has 0 aliphatic carbocycles. The Morgan fingerprint density at radius 1 is 1.18 bits per heavy atom. The van der Waals surface area contributed by atoms with Crippen molar-refractivity contribution in [2.45, 2.75) is 38.5 Å². The summed E-state index contributed by atoms with van der Waals surface area (Å²) in [7, 11) is 1.68. The van der Waals surface area contributed by atoms with E-state index in [0.29, 0.717) is 6.42 Å². The Morgan fingerprint density at radius 3 is 2.75 bits per heavy atom. The van der Waals surface area contributed by atoms with Gasteiger partial charge in [0, 0.05) is 43.4 Å². The summed E-state index contributed by atoms with van der Waals surface area (Å²) in [6.45, 7) is 3.79. The van der Waals surface area contributed by atoms with Crippen molar-refractivity contribution in [3.63, 3.8) is 0 Å². The highest BCUT2D eigenvalue weighted by molar-refractivity contribution is 5.78. The van der Waals surface area contributed by atoms with E-state index >= 15 is 0 Å². The van der Waals surface area contributed by atoms with E-state index in [2.05, 4.69) is 34.5 Å². The van der Waals surface area contributed by atoms with Crippen molar-refractivity contribution in [1.82, 2.24) is 14.3 Å². The van der Waals surface area contributed by atoms with Gasteiger partial charge in [0.05, 0.1) is 12.8 Å². The van der Waals surface area contributed by atoms with E-state index in [1.165, 1.54) is 12.0 Å². The average Bonchev–Trinajstić information content (AvgIpc) is 3.15. The number of likely N-dealkylation sites (tertiary alicyclic amines) is 1. The first-order valence-electron chi connectivity index (χ1n) is 10.0. The minimum atomic E-state index is -0.108. The molecule has 1 amide bonds. The number of imidazole rings is 1. The van der Waals surface area contributed by atoms with Gasteiger partial charge in [-0.05, 0) is 49.9 Å². The van der Waals surface area contributed by atoms with Crippen molar-refractivity contribution >= 4 is 11.6 Å². The number of benzene rings is 1. The first-order chi connectivity index (χ1) is 13.7. The molecule has 0 spiro atoms. The third-order valence-electron chi connectivity index (χ3n) is 5.66. The molecule has 28 heavy (non-hydrogen) atoms. The molecule has 0 radical (unpaired) electrons. The second-order valence-corrected chi connectivity index (χ2v) is 7.56. The Balaban J connectivity index is 1.75. The molecule has 1 atom stereocenters. The van der Waals surface area contributed by atoms with Crippen molar-refractivity contribution < 1.29 is 9.53 Å². The predicted molar refractivity (Wildman–Crippen MR) is 110 cm³/mol. The molecule has 1 saturated heterocycles. The molecule has 0 saturated carbocycles. The highest BCUT2D eigenvalue weighted by Crippen LogP contribution is 2.35. The van der Waals surface area contributed by atoms with Gasteiger partial charge >= 0.3 is 0 Å². The number of fused-ring (bicyclic) bond motifs is 1. The minimum Gasteiger partial charge on any atom is -0.496 e. The molecule has 2 aromatic heterocycles. The summed E-state index contributed by atoms with van der Waals surface area (Å²) < 4.78 is 7.72. The smallest absolute Gasteiger partial charge is 0.223 e. The fraction of sp³-hybridized carbons (Fsp3) is 0.391. The van der Waals surface area contributed by atoms with Crippen LogP contribution in [0, 0.1) is 6.92 Å². The Labute approximate surface area is 166 Å². The van der Waals surface area contributed by atoms with Crippen molar-refractivity contribution in [3.05, 3.63) is 65.6 Å². The number of carbonyl (C=O) groups excluding carboxylic acids is 1. The lowest BCUT2D eigenvalue weighted by molar-refractivity contribution is -0.132. The first kappa shape index (κ1) is 18.5. The number of ether oxygens (including phenoxy) is 1. The van der Waals surface area contributed by atoms with E-state index in [4.69, 9.17) is 4.74 Å². The molecular formula is C23H27N3O2. The van der Waals surface area contributed by atoms with E-state index in [9.17, 15) is 4.79 Å². The summed E-state index contributed by atoms with van der Waals surface area (Å²) in [5.74, 6) is 0.905. The zero-order valence-electron chi connectivity index (χ0n) is 16.6. The largest absolute Gasteiger partial charge is 0.496 e. The first-order valence-corrected chi connectivity index (χ1v) is 10.0. The number of piperidine rings is 1. The standard InChI is InChI=1S/C23H27N3O2/c1-17-10-13-26-20(16-24-22(26)14-17)19(18-8-4-5-9-21(18)28-2)15-23(27)25-11-6-3-7-12-25/h4-5,8-10,13-14,16,19H,3,6-7,11-12,15H2,1-2H3. The van der Waals surface area contributed by atoms with Crippen LogP contribution in [-0.4, -0.2) is 40.4 Å². The molecule has 1 aliphatic rings. The van der Waals surface area contributed by atoms with Crippen LogP contribution in [0.5, 0.6) is 5.75 Å². The molecule has 1 aliphatic heterocycles. The monoisotopic (exact) mass is 377 g/mol. The summed E-state index contributed by atoms with van der Waals surface area (Å²) in [4.78, 5) is 19.7. The number of pyridine rings is 1. The SMILES string of the molecule is COc1ccccc1C(CC(=O)N1CCCCC1)c1cnc2cc(C)ccn12. The Bertz CT molecular complexity index is 973. The number of amides is 1. The molecule has 1 unspecified atom stereocenters. The highest BCUT2D eigenvalue weighted by Gasteiger charge is 2.27. The zero-order chi connectivity index (χ0) is 19.5. The van der Waals surface area contributed by atoms with Crippen LogP contribution in [0.25, 0.3) is 5.65 Å². The molecule has 1 aromatic carbocycles. The van der Waals surface area contributed by atoms with Crippen LogP contribution < -0.4 is 4.74 Å². The molecule has 5 heteroatoms. The third-order valence-corrected chi connectivity index (χ3v) is 5.66. The molecule has 3 aromatic rings. The van der Waals surface area contributed by atoms with Crippen molar-refractivity contribution in [3.8, 4) is 5.75 Å². The van der Waals surface area contributed by atoms with Gasteiger partial charge in [-0.25, -0.2) is 4.98 Å². The van der Waals surface area contributed by atoms with E-state index < -0.39 is 0 Å². The summed E-state index contributed by atoms with van der Waals surface area (Å²) in [6.07, 6.45) is 7.77. The van der Waals surface area contributed by atoms with E-state index in [-0.39, 0.29) is 11.8 Å². The topological polar surface area (TPSA) is 46.8 Å². The van der Waals surface area contributed by atoms with E-state index in [1.54, 1.807) is 7.11 Å². The fourth-order valence-corrected chi connectivity index (χ4v) is 4.14. The summed E-state index contributed by atoms with van der Waals surface area (Å²) in [5.41, 5.74) is 4.12. The summed E-state index contributed by atoms with van der Waals surface area (Å²) >= 11 is 0. The van der Waals surface area contributed by atoms with Gasteiger partial charge in [-0.1, -0.05) is 18.2 Å². The number of nitrogens with zero attached hydrogens (tertiary/aromatic N) is 3. The van der Waals surface area contributed by atoms with Crippen LogP contribution in [0.2, 0.25) is 0 Å². The molecule has 5 nitrogen and oxygen atoms in total. The van der Waals surface area contributed by atoms with Gasteiger partial charge in [0.2, 0.25) is 5.91 Å². The predicted octanol–water partition coefficient (Wildman–Crippen LogP) is 4.19. The maximum atomic E-state index is 13.1. The van der Waals surface area contributed by atoms with E-state index in [0.717, 1.165) is 48.6 Å². The van der Waals surface area contributed by atoms with Gasteiger partial charge in [-0.2, -0.15) is 0 Å². The number of hydrogen-bond donors (Lipinski definition) is 0. The number of rotatable bonds is 5. The summed E-state index contributed by atoms with van der Waals surface area (Å²) in [6, 6.07) is 12.1. The Hall–Kier alpha value is -2.82. The molecular weight excluding hydrogens is 350 g/mol. The maximum absolute atomic E-state index is 13.1. The van der Waals surface area contributed by atoms with Crippen LogP contribution in [0.4, 0.5) is 0 Å². The zero-order valence-corrected chi connectivity index (χ0v) is 16.6. The number of aryl methyl sites for hydroxylation is 1. The van der Waals surface area contributed by atoms with Gasteiger partial charge in [-0.3, -0.25) is 4.79 Å². The number of hydrogen-bond acceptors (Lipinski definition) is 3. The van der Waals surface area contributed by atoms with Crippen molar-refractivity contribution in [2.24, 2.45) is 0 Å². The number of aromatic nitrogens is 2.